The van der Waals surface area contributed by atoms with Gasteiger partial charge in [-0.15, -0.1) is 0 Å². The van der Waals surface area contributed by atoms with Crippen LogP contribution in [0.2, 0.25) is 0 Å². The lowest BCUT2D eigenvalue weighted by Gasteiger charge is -1.92. The molecule has 2 N–H and O–H groups in total. The number of nitrogens with two attached hydrogens (primary N) is 1. The summed E-state index contributed by atoms with van der Waals surface area (Å²) in [5.74, 6) is 1.09. The molecule has 0 amide bonds. The topological polar surface area (TPSA) is 64.9 Å². The van der Waals surface area contributed by atoms with Crippen molar-refractivity contribution < 1.29 is 4.42 Å². The van der Waals surface area contributed by atoms with Gasteiger partial charge in [0.25, 0.3) is 0 Å². The predicted octanol–water partition coefficient (Wildman–Crippen LogP) is 1.32. The van der Waals surface area contributed by atoms with Crippen LogP contribution in [0.5, 0.6) is 0 Å². The molecule has 0 aromatic carbocycles. The summed E-state index contributed by atoms with van der Waals surface area (Å²) < 4.78 is 5.17. The lowest BCUT2D eigenvalue weighted by molar-refractivity contribution is 0.602. The van der Waals surface area contributed by atoms with Crippen LogP contribution in [0.15, 0.2) is 35.3 Å². The summed E-state index contributed by atoms with van der Waals surface area (Å²) in [6.07, 6.45) is 4.81. The van der Waals surface area contributed by atoms with Gasteiger partial charge in [-0.25, -0.2) is 9.97 Å². The van der Waals surface area contributed by atoms with Gasteiger partial charge in [-0.3, -0.25) is 0 Å². The SMILES string of the molecule is Nc1ccc(-c2cncnc2)o1. The Morgan fingerprint density at radius 3 is 2.50 bits per heavy atom. The Hall–Kier alpha value is -1.84. The van der Waals surface area contributed by atoms with E-state index in [9.17, 15) is 0 Å². The minimum absolute atomic E-state index is 0.397. The zero-order chi connectivity index (χ0) is 8.39. The number of nitrogens with zero attached hydrogens (tertiary/aromatic N) is 2. The van der Waals surface area contributed by atoms with Crippen LogP contribution in [0.25, 0.3) is 11.3 Å². The van der Waals surface area contributed by atoms with Crippen molar-refractivity contribution in [3.63, 3.8) is 0 Å². The van der Waals surface area contributed by atoms with Gasteiger partial charge in [-0.2, -0.15) is 0 Å². The van der Waals surface area contributed by atoms with Crippen molar-refractivity contribution in [3.8, 4) is 11.3 Å². The number of rotatable bonds is 1. The molecule has 4 heteroatoms. The Balaban J connectivity index is 2.45. The van der Waals surface area contributed by atoms with E-state index in [0.29, 0.717) is 11.6 Å². The van der Waals surface area contributed by atoms with E-state index in [1.807, 2.05) is 0 Å². The van der Waals surface area contributed by atoms with Crippen LogP contribution >= 0.6 is 0 Å². The van der Waals surface area contributed by atoms with Crippen LogP contribution in [0.1, 0.15) is 0 Å². The molecular weight excluding hydrogens is 154 g/mol. The standard InChI is InChI=1S/C8H7N3O/c9-8-2-1-7(12-8)6-3-10-5-11-4-6/h1-5H,9H2. The number of hydrogen-bond acceptors (Lipinski definition) is 4. The molecule has 60 valence electrons. The highest BCUT2D eigenvalue weighted by Gasteiger charge is 2.01. The lowest BCUT2D eigenvalue weighted by Crippen LogP contribution is -1.79. The molecule has 4 nitrogen and oxygen atoms in total. The second-order valence-corrected chi connectivity index (χ2v) is 2.33. The van der Waals surface area contributed by atoms with Gasteiger partial charge < -0.3 is 10.2 Å². The summed E-state index contributed by atoms with van der Waals surface area (Å²) in [5.41, 5.74) is 6.24. The largest absolute Gasteiger partial charge is 0.441 e. The van der Waals surface area contributed by atoms with Crippen LogP contribution < -0.4 is 5.73 Å². The molecule has 2 heterocycles. The summed E-state index contributed by atoms with van der Waals surface area (Å²) in [5, 5.41) is 0. The molecule has 2 aromatic rings. The summed E-state index contributed by atoms with van der Waals surface area (Å²) in [6, 6.07) is 3.48. The normalized spacial score (nSPS) is 10.0. The molecule has 0 aliphatic rings. The molecule has 0 fully saturated rings. The maximum absolute atomic E-state index is 5.41. The summed E-state index contributed by atoms with van der Waals surface area (Å²) in [6.45, 7) is 0. The van der Waals surface area contributed by atoms with Crippen molar-refractivity contribution in [3.05, 3.63) is 30.9 Å². The first kappa shape index (κ1) is 6.84. The summed E-state index contributed by atoms with van der Waals surface area (Å²) in [4.78, 5) is 7.72. The smallest absolute Gasteiger partial charge is 0.190 e. The summed E-state index contributed by atoms with van der Waals surface area (Å²) >= 11 is 0. The van der Waals surface area contributed by atoms with Gasteiger partial charge in [0.2, 0.25) is 0 Å². The molecule has 0 atom stereocenters. The number of anilines is 1. The maximum atomic E-state index is 5.41. The van der Waals surface area contributed by atoms with E-state index in [1.54, 1.807) is 24.5 Å². The number of furan rings is 1. The van der Waals surface area contributed by atoms with Crippen LogP contribution in [0.4, 0.5) is 5.88 Å². The van der Waals surface area contributed by atoms with E-state index in [2.05, 4.69) is 9.97 Å². The van der Waals surface area contributed by atoms with Gasteiger partial charge in [0.1, 0.15) is 12.1 Å². The minimum Gasteiger partial charge on any atom is -0.441 e. The molecule has 0 aliphatic carbocycles. The van der Waals surface area contributed by atoms with Gasteiger partial charge in [0.15, 0.2) is 5.88 Å². The number of aromatic nitrogens is 2. The van der Waals surface area contributed by atoms with Crippen LogP contribution in [-0.2, 0) is 0 Å². The Bertz CT molecular complexity index is 369. The Morgan fingerprint density at radius 2 is 1.92 bits per heavy atom. The summed E-state index contributed by atoms with van der Waals surface area (Å²) in [7, 11) is 0. The highest BCUT2D eigenvalue weighted by molar-refractivity contribution is 5.56. The van der Waals surface area contributed by atoms with Crippen molar-refractivity contribution in [2.45, 2.75) is 0 Å². The fraction of sp³-hybridized carbons (Fsp3) is 0. The Labute approximate surface area is 69.1 Å². The minimum atomic E-state index is 0.397. The molecule has 2 rings (SSSR count). The molecule has 12 heavy (non-hydrogen) atoms. The third kappa shape index (κ3) is 1.14. The first-order valence-corrected chi connectivity index (χ1v) is 3.47. The second-order valence-electron chi connectivity index (χ2n) is 2.33. The average Bonchev–Trinajstić information content (AvgIpc) is 2.54. The first-order chi connectivity index (χ1) is 5.86. The third-order valence-corrected chi connectivity index (χ3v) is 1.47. The van der Waals surface area contributed by atoms with E-state index in [4.69, 9.17) is 10.2 Å². The maximum Gasteiger partial charge on any atom is 0.190 e. The number of hydrogen-bond donors (Lipinski definition) is 1. The fourth-order valence-corrected chi connectivity index (χ4v) is 0.934. The quantitative estimate of drug-likeness (QED) is 0.685. The molecule has 0 aliphatic heterocycles. The van der Waals surface area contributed by atoms with Gasteiger partial charge in [0.05, 0.1) is 5.56 Å². The van der Waals surface area contributed by atoms with Crippen molar-refractivity contribution in [1.29, 1.82) is 0 Å². The van der Waals surface area contributed by atoms with Crippen LogP contribution in [0.3, 0.4) is 0 Å². The third-order valence-electron chi connectivity index (χ3n) is 1.47. The van der Waals surface area contributed by atoms with Crippen molar-refractivity contribution in [2.75, 3.05) is 5.73 Å². The molecule has 0 saturated carbocycles. The molecule has 0 radical (unpaired) electrons. The average molecular weight is 161 g/mol. The zero-order valence-electron chi connectivity index (χ0n) is 6.27. The molecule has 2 aromatic heterocycles. The van der Waals surface area contributed by atoms with Gasteiger partial charge >= 0.3 is 0 Å². The second kappa shape index (κ2) is 2.65. The van der Waals surface area contributed by atoms with Gasteiger partial charge in [-0.05, 0) is 6.07 Å². The van der Waals surface area contributed by atoms with Gasteiger partial charge in [0, 0.05) is 18.5 Å². The van der Waals surface area contributed by atoms with Gasteiger partial charge in [-0.1, -0.05) is 0 Å². The Kier molecular flexibility index (Phi) is 1.51. The van der Waals surface area contributed by atoms with Crippen molar-refractivity contribution >= 4 is 5.88 Å². The van der Waals surface area contributed by atoms with Crippen LogP contribution in [0, 0.1) is 0 Å². The molecule has 0 bridgehead atoms. The Morgan fingerprint density at radius 1 is 1.17 bits per heavy atom. The highest BCUT2D eigenvalue weighted by Crippen LogP contribution is 2.20. The molecule has 0 saturated heterocycles. The van der Waals surface area contributed by atoms with E-state index in [-0.39, 0.29) is 0 Å². The van der Waals surface area contributed by atoms with E-state index in [1.165, 1.54) is 6.33 Å². The molecule has 0 spiro atoms. The van der Waals surface area contributed by atoms with E-state index >= 15 is 0 Å². The van der Waals surface area contributed by atoms with E-state index < -0.39 is 0 Å². The van der Waals surface area contributed by atoms with E-state index in [0.717, 1.165) is 5.56 Å². The number of nitrogen functional groups attached to an aromatic ring is 1. The monoisotopic (exact) mass is 161 g/mol. The fourth-order valence-electron chi connectivity index (χ4n) is 0.934. The highest BCUT2D eigenvalue weighted by atomic mass is 16.3. The molecule has 0 unspecified atom stereocenters. The molecular formula is C8H7N3O. The zero-order valence-corrected chi connectivity index (χ0v) is 6.27. The van der Waals surface area contributed by atoms with Crippen molar-refractivity contribution in [2.24, 2.45) is 0 Å². The lowest BCUT2D eigenvalue weighted by atomic mass is 10.3. The van der Waals surface area contributed by atoms with Crippen molar-refractivity contribution in [1.82, 2.24) is 9.97 Å². The first-order valence-electron chi connectivity index (χ1n) is 3.47. The predicted molar refractivity (Wildman–Crippen MR) is 44.1 cm³/mol. The van der Waals surface area contributed by atoms with Crippen LogP contribution in [-0.4, -0.2) is 9.97 Å².